The number of nitro benzene ring substituents is 1. The Hall–Kier alpha value is -1.13. The average molecular weight is 312 g/mol. The van der Waals surface area contributed by atoms with Gasteiger partial charge < -0.3 is 5.11 Å². The number of rotatable bonds is 5. The number of nitro groups is 1. The molecule has 1 N–H and O–H groups in total. The lowest BCUT2D eigenvalue weighted by molar-refractivity contribution is -0.385. The Morgan fingerprint density at radius 1 is 1.43 bits per heavy atom. The van der Waals surface area contributed by atoms with Crippen molar-refractivity contribution in [3.05, 3.63) is 38.9 Å². The van der Waals surface area contributed by atoms with Crippen LogP contribution < -0.4 is 0 Å². The van der Waals surface area contributed by atoms with Crippen molar-refractivity contribution in [1.29, 1.82) is 0 Å². The number of aliphatic hydroxyl groups excluding tert-OH is 1. The summed E-state index contributed by atoms with van der Waals surface area (Å²) in [5, 5.41) is 21.7. The average Bonchev–Trinajstić information content (AvgIpc) is 2.44. The maximum atomic E-state index is 11.1. The molecule has 3 unspecified atom stereocenters. The van der Waals surface area contributed by atoms with Crippen molar-refractivity contribution in [1.82, 2.24) is 0 Å². The summed E-state index contributed by atoms with van der Waals surface area (Å²) in [5.41, 5.74) is 0.734. The maximum absolute atomic E-state index is 11.1. The third kappa shape index (κ3) is 4.17. The fraction of sp³-hybridized carbons (Fsp3) is 0.625. The first-order chi connectivity index (χ1) is 10.0. The summed E-state index contributed by atoms with van der Waals surface area (Å²) >= 11 is 5.84. The van der Waals surface area contributed by atoms with E-state index in [1.807, 2.05) is 0 Å². The van der Waals surface area contributed by atoms with Gasteiger partial charge in [0, 0.05) is 16.7 Å². The molecule has 1 aliphatic rings. The molecular formula is C16H22ClNO3. The number of hydrogen-bond acceptors (Lipinski definition) is 3. The second-order valence-corrected chi connectivity index (χ2v) is 6.47. The Bertz CT molecular complexity index is 506. The molecule has 1 saturated carbocycles. The Morgan fingerprint density at radius 3 is 2.86 bits per heavy atom. The lowest BCUT2D eigenvalue weighted by atomic mass is 9.75. The molecule has 1 aromatic rings. The van der Waals surface area contributed by atoms with Crippen LogP contribution in [0.15, 0.2) is 18.2 Å². The highest BCUT2D eigenvalue weighted by molar-refractivity contribution is 6.30. The molecule has 1 fully saturated rings. The summed E-state index contributed by atoms with van der Waals surface area (Å²) in [6.45, 7) is 2.17. The SMILES string of the molecule is CCCC1CCC(O)C(Cc2ccc(Cl)cc2[N+](=O)[O-])C1. The molecule has 0 spiro atoms. The molecule has 0 aliphatic heterocycles. The summed E-state index contributed by atoms with van der Waals surface area (Å²) in [6, 6.07) is 4.80. The second kappa shape index (κ2) is 7.23. The predicted molar refractivity (Wildman–Crippen MR) is 83.6 cm³/mol. The highest BCUT2D eigenvalue weighted by Crippen LogP contribution is 2.36. The molecule has 0 bridgehead atoms. The van der Waals surface area contributed by atoms with E-state index in [2.05, 4.69) is 6.92 Å². The van der Waals surface area contributed by atoms with Gasteiger partial charge in [-0.15, -0.1) is 0 Å². The van der Waals surface area contributed by atoms with Crippen LogP contribution in [0.3, 0.4) is 0 Å². The van der Waals surface area contributed by atoms with E-state index in [9.17, 15) is 15.2 Å². The van der Waals surface area contributed by atoms with Crippen LogP contribution in [0.4, 0.5) is 5.69 Å². The van der Waals surface area contributed by atoms with Gasteiger partial charge in [-0.05, 0) is 43.6 Å². The van der Waals surface area contributed by atoms with Crippen molar-refractivity contribution >= 4 is 17.3 Å². The third-order valence-corrected chi connectivity index (χ3v) is 4.71. The zero-order valence-electron chi connectivity index (χ0n) is 12.3. The minimum atomic E-state index is -0.389. The zero-order chi connectivity index (χ0) is 15.4. The van der Waals surface area contributed by atoms with Gasteiger partial charge in [0.2, 0.25) is 0 Å². The van der Waals surface area contributed by atoms with E-state index in [-0.39, 0.29) is 22.6 Å². The molecule has 3 atom stereocenters. The van der Waals surface area contributed by atoms with Gasteiger partial charge in [-0.3, -0.25) is 10.1 Å². The first-order valence-corrected chi connectivity index (χ1v) is 8.00. The van der Waals surface area contributed by atoms with Crippen LogP contribution in [-0.2, 0) is 6.42 Å². The fourth-order valence-corrected chi connectivity index (χ4v) is 3.56. The lowest BCUT2D eigenvalue weighted by Gasteiger charge is -2.33. The van der Waals surface area contributed by atoms with Crippen LogP contribution in [0.1, 0.15) is 44.6 Å². The predicted octanol–water partition coefficient (Wildman–Crippen LogP) is 4.37. The molecule has 0 aromatic heterocycles. The first kappa shape index (κ1) is 16.2. The summed E-state index contributed by atoms with van der Waals surface area (Å²) in [7, 11) is 0. The molecule has 116 valence electrons. The second-order valence-electron chi connectivity index (χ2n) is 6.03. The Kier molecular flexibility index (Phi) is 5.59. The normalized spacial score (nSPS) is 25.8. The number of hydrogen-bond donors (Lipinski definition) is 1. The third-order valence-electron chi connectivity index (χ3n) is 4.47. The Labute approximate surface area is 130 Å². The van der Waals surface area contributed by atoms with E-state index in [1.54, 1.807) is 12.1 Å². The Morgan fingerprint density at radius 2 is 2.19 bits per heavy atom. The van der Waals surface area contributed by atoms with Gasteiger partial charge in [0.05, 0.1) is 11.0 Å². The van der Waals surface area contributed by atoms with Crippen LogP contribution in [0.2, 0.25) is 5.02 Å². The first-order valence-electron chi connectivity index (χ1n) is 7.62. The molecule has 1 aliphatic carbocycles. The highest BCUT2D eigenvalue weighted by atomic mass is 35.5. The zero-order valence-corrected chi connectivity index (χ0v) is 13.1. The highest BCUT2D eigenvalue weighted by Gasteiger charge is 2.30. The number of aliphatic hydroxyl groups is 1. The van der Waals surface area contributed by atoms with Gasteiger partial charge in [0.15, 0.2) is 0 Å². The molecule has 21 heavy (non-hydrogen) atoms. The van der Waals surface area contributed by atoms with Gasteiger partial charge in [-0.25, -0.2) is 0 Å². The fourth-order valence-electron chi connectivity index (χ4n) is 3.40. The standard InChI is InChI=1S/C16H22ClNO3/c1-2-3-11-4-7-16(19)13(8-11)9-12-5-6-14(17)10-15(12)18(20)21/h5-6,10-11,13,16,19H,2-4,7-9H2,1H3. The molecular weight excluding hydrogens is 290 g/mol. The van der Waals surface area contributed by atoms with E-state index in [4.69, 9.17) is 11.6 Å². The van der Waals surface area contributed by atoms with Gasteiger partial charge >= 0.3 is 0 Å². The number of nitrogens with zero attached hydrogens (tertiary/aromatic N) is 1. The quantitative estimate of drug-likeness (QED) is 0.648. The molecule has 0 heterocycles. The van der Waals surface area contributed by atoms with Gasteiger partial charge in [-0.1, -0.05) is 37.4 Å². The van der Waals surface area contributed by atoms with Gasteiger partial charge in [-0.2, -0.15) is 0 Å². The lowest BCUT2D eigenvalue weighted by Crippen LogP contribution is -2.30. The molecule has 1 aromatic carbocycles. The van der Waals surface area contributed by atoms with Crippen LogP contribution >= 0.6 is 11.6 Å². The maximum Gasteiger partial charge on any atom is 0.274 e. The van der Waals surface area contributed by atoms with Crippen LogP contribution in [0, 0.1) is 22.0 Å². The largest absolute Gasteiger partial charge is 0.393 e. The van der Waals surface area contributed by atoms with Crippen molar-refractivity contribution in [2.24, 2.45) is 11.8 Å². The van der Waals surface area contributed by atoms with E-state index in [0.29, 0.717) is 22.9 Å². The molecule has 4 nitrogen and oxygen atoms in total. The molecule has 5 heteroatoms. The Balaban J connectivity index is 2.14. The topological polar surface area (TPSA) is 63.4 Å². The van der Waals surface area contributed by atoms with E-state index >= 15 is 0 Å². The van der Waals surface area contributed by atoms with Crippen molar-refractivity contribution in [2.45, 2.75) is 51.6 Å². The molecule has 0 saturated heterocycles. The van der Waals surface area contributed by atoms with Crippen LogP contribution in [0.25, 0.3) is 0 Å². The molecule has 0 amide bonds. The smallest absolute Gasteiger partial charge is 0.274 e. The number of benzene rings is 1. The minimum absolute atomic E-state index is 0.0623. The van der Waals surface area contributed by atoms with Crippen LogP contribution in [0.5, 0.6) is 0 Å². The molecule has 0 radical (unpaired) electrons. The van der Waals surface area contributed by atoms with E-state index in [0.717, 1.165) is 25.7 Å². The van der Waals surface area contributed by atoms with E-state index < -0.39 is 0 Å². The van der Waals surface area contributed by atoms with Crippen molar-refractivity contribution in [3.63, 3.8) is 0 Å². The summed E-state index contributed by atoms with van der Waals surface area (Å²) in [6.07, 6.45) is 5.34. The van der Waals surface area contributed by atoms with Crippen LogP contribution in [-0.4, -0.2) is 16.1 Å². The summed E-state index contributed by atoms with van der Waals surface area (Å²) in [4.78, 5) is 10.8. The molecule has 2 rings (SSSR count). The monoisotopic (exact) mass is 311 g/mol. The van der Waals surface area contributed by atoms with Gasteiger partial charge in [0.25, 0.3) is 5.69 Å². The number of halogens is 1. The van der Waals surface area contributed by atoms with Crippen molar-refractivity contribution < 1.29 is 10.0 Å². The summed E-state index contributed by atoms with van der Waals surface area (Å²) in [5.74, 6) is 0.741. The van der Waals surface area contributed by atoms with Crippen molar-refractivity contribution in [2.75, 3.05) is 0 Å². The summed E-state index contributed by atoms with van der Waals surface area (Å²) < 4.78 is 0. The van der Waals surface area contributed by atoms with E-state index in [1.165, 1.54) is 12.5 Å². The minimum Gasteiger partial charge on any atom is -0.393 e. The van der Waals surface area contributed by atoms with Crippen molar-refractivity contribution in [3.8, 4) is 0 Å². The van der Waals surface area contributed by atoms with Gasteiger partial charge in [0.1, 0.15) is 0 Å².